The number of benzene rings is 2. The number of rotatable bonds is 5. The Morgan fingerprint density at radius 3 is 2.68 bits per heavy atom. The molecule has 9 nitrogen and oxygen atoms in total. The molecule has 4 rings (SSSR count). The van der Waals surface area contributed by atoms with Crippen LogP contribution in [0.1, 0.15) is 27.6 Å². The molecule has 0 aliphatic carbocycles. The normalized spacial score (nSPS) is 12.3. The highest BCUT2D eigenvalue weighted by atomic mass is 35.5. The van der Waals surface area contributed by atoms with Gasteiger partial charge in [-0.05, 0) is 30.3 Å². The van der Waals surface area contributed by atoms with Crippen molar-refractivity contribution in [1.82, 2.24) is 25.4 Å². The Morgan fingerprint density at radius 1 is 1.13 bits per heavy atom. The molecule has 3 amide bonds. The number of amides is 3. The van der Waals surface area contributed by atoms with E-state index >= 15 is 0 Å². The number of carbonyl (C=O) groups excluding carboxylic acids is 2. The maximum Gasteiger partial charge on any atom is 0.312 e. The molecule has 0 unspecified atom stereocenters. The van der Waals surface area contributed by atoms with Crippen molar-refractivity contribution in [1.29, 1.82) is 0 Å². The van der Waals surface area contributed by atoms with E-state index in [1.54, 1.807) is 36.4 Å². The standard InChI is InChI=1S/C20H17ClFN7O2/c21-11-5-6-15-13(9-11)17(12-3-1-2-4-14(12)22)26-10-16-27-18(28-29(15)16)19(30)24-7-8-25-20(23)31/h1-6,9H,7-8,10H2,(H,24,30)(H3,23,25,31). The van der Waals surface area contributed by atoms with Crippen LogP contribution in [0.4, 0.5) is 9.18 Å². The first-order valence-corrected chi connectivity index (χ1v) is 9.69. The van der Waals surface area contributed by atoms with E-state index < -0.39 is 17.8 Å². The minimum absolute atomic E-state index is 0.0560. The van der Waals surface area contributed by atoms with Crippen LogP contribution < -0.4 is 16.4 Å². The van der Waals surface area contributed by atoms with E-state index in [2.05, 4.69) is 25.7 Å². The van der Waals surface area contributed by atoms with Gasteiger partial charge in [0.2, 0.25) is 5.82 Å². The van der Waals surface area contributed by atoms with Crippen molar-refractivity contribution in [3.8, 4) is 5.69 Å². The topological polar surface area (TPSA) is 127 Å². The van der Waals surface area contributed by atoms with Crippen LogP contribution in [0.15, 0.2) is 47.5 Å². The molecule has 0 atom stereocenters. The molecule has 1 aromatic heterocycles. The predicted octanol–water partition coefficient (Wildman–Crippen LogP) is 1.81. The van der Waals surface area contributed by atoms with E-state index in [4.69, 9.17) is 17.3 Å². The van der Waals surface area contributed by atoms with Crippen molar-refractivity contribution in [2.75, 3.05) is 13.1 Å². The summed E-state index contributed by atoms with van der Waals surface area (Å²) >= 11 is 6.20. The number of halogens is 2. The van der Waals surface area contributed by atoms with Crippen LogP contribution in [0.5, 0.6) is 0 Å². The Balaban J connectivity index is 1.68. The lowest BCUT2D eigenvalue weighted by Crippen LogP contribution is -2.37. The van der Waals surface area contributed by atoms with Crippen molar-refractivity contribution in [3.05, 3.63) is 76.1 Å². The molecule has 3 aromatic rings. The number of aromatic nitrogens is 3. The number of carbonyl (C=O) groups is 2. The third-order valence-corrected chi connectivity index (χ3v) is 4.77. The summed E-state index contributed by atoms with van der Waals surface area (Å²) in [6, 6.07) is 10.7. The fraction of sp³-hybridized carbons (Fsp3) is 0.150. The van der Waals surface area contributed by atoms with Gasteiger partial charge in [0.15, 0.2) is 5.82 Å². The lowest BCUT2D eigenvalue weighted by molar-refractivity contribution is 0.0943. The molecule has 0 spiro atoms. The van der Waals surface area contributed by atoms with Crippen LogP contribution in [0, 0.1) is 5.82 Å². The summed E-state index contributed by atoms with van der Waals surface area (Å²) in [6.07, 6.45) is 0. The number of fused-ring (bicyclic) bond motifs is 3. The second kappa shape index (κ2) is 8.52. The molecule has 2 heterocycles. The van der Waals surface area contributed by atoms with Gasteiger partial charge in [-0.2, -0.15) is 0 Å². The molecule has 1 aliphatic heterocycles. The van der Waals surface area contributed by atoms with Crippen LogP contribution in [0.25, 0.3) is 5.69 Å². The Morgan fingerprint density at radius 2 is 1.90 bits per heavy atom. The Labute approximate surface area is 181 Å². The van der Waals surface area contributed by atoms with Crippen molar-refractivity contribution in [2.24, 2.45) is 10.7 Å². The molecular weight excluding hydrogens is 425 g/mol. The van der Waals surface area contributed by atoms with Gasteiger partial charge in [-0.15, -0.1) is 5.10 Å². The summed E-state index contributed by atoms with van der Waals surface area (Å²) < 4.78 is 16.0. The van der Waals surface area contributed by atoms with Crippen LogP contribution >= 0.6 is 11.6 Å². The van der Waals surface area contributed by atoms with Gasteiger partial charge in [0.25, 0.3) is 5.91 Å². The SMILES string of the molecule is NC(=O)NCCNC(=O)c1nc2n(n1)-c1ccc(Cl)cc1C(c1ccccc1F)=NC2. The number of nitrogens with two attached hydrogens (primary N) is 1. The lowest BCUT2D eigenvalue weighted by atomic mass is 10.00. The fourth-order valence-corrected chi connectivity index (χ4v) is 3.35. The smallest absolute Gasteiger partial charge is 0.312 e. The molecule has 4 N–H and O–H groups in total. The van der Waals surface area contributed by atoms with Gasteiger partial charge in [-0.3, -0.25) is 9.79 Å². The highest BCUT2D eigenvalue weighted by Crippen LogP contribution is 2.27. The summed E-state index contributed by atoms with van der Waals surface area (Å²) in [5, 5.41) is 9.74. The number of primary amides is 1. The minimum atomic E-state index is -0.681. The molecule has 0 saturated heterocycles. The maximum absolute atomic E-state index is 14.5. The molecule has 0 bridgehead atoms. The summed E-state index contributed by atoms with van der Waals surface area (Å²) in [4.78, 5) is 31.9. The molecule has 0 radical (unpaired) electrons. The molecule has 0 saturated carbocycles. The van der Waals surface area contributed by atoms with E-state index in [-0.39, 0.29) is 25.5 Å². The summed E-state index contributed by atoms with van der Waals surface area (Å²) in [6.45, 7) is 0.416. The molecular formula is C20H17ClFN7O2. The van der Waals surface area contributed by atoms with Gasteiger partial charge in [-0.25, -0.2) is 18.9 Å². The molecule has 158 valence electrons. The second-order valence-electron chi connectivity index (χ2n) is 6.62. The second-order valence-corrected chi connectivity index (χ2v) is 7.05. The van der Waals surface area contributed by atoms with Gasteiger partial charge in [0.05, 0.1) is 17.9 Å². The number of urea groups is 1. The molecule has 2 aromatic carbocycles. The first-order valence-electron chi connectivity index (χ1n) is 9.31. The quantitative estimate of drug-likeness (QED) is 0.522. The van der Waals surface area contributed by atoms with Gasteiger partial charge in [0, 0.05) is 29.2 Å². The molecule has 31 heavy (non-hydrogen) atoms. The van der Waals surface area contributed by atoms with Gasteiger partial charge in [-0.1, -0.05) is 23.7 Å². The van der Waals surface area contributed by atoms with Gasteiger partial charge in [0.1, 0.15) is 5.82 Å². The Kier molecular flexibility index (Phi) is 5.63. The Hall–Kier alpha value is -3.79. The van der Waals surface area contributed by atoms with Crippen LogP contribution in [-0.4, -0.2) is 45.5 Å². The zero-order chi connectivity index (χ0) is 22.0. The number of nitrogens with one attached hydrogen (secondary N) is 2. The highest BCUT2D eigenvalue weighted by molar-refractivity contribution is 6.31. The largest absolute Gasteiger partial charge is 0.352 e. The molecule has 11 heteroatoms. The van der Waals surface area contributed by atoms with Crippen LogP contribution in [0.3, 0.4) is 0 Å². The summed E-state index contributed by atoms with van der Waals surface area (Å²) in [5.74, 6) is -0.570. The van der Waals surface area contributed by atoms with Crippen LogP contribution in [0.2, 0.25) is 5.02 Å². The van der Waals surface area contributed by atoms with E-state index in [0.29, 0.717) is 33.4 Å². The van der Waals surface area contributed by atoms with Crippen molar-refractivity contribution in [3.63, 3.8) is 0 Å². The average molecular weight is 442 g/mol. The van der Waals surface area contributed by atoms with E-state index in [1.165, 1.54) is 10.7 Å². The van der Waals surface area contributed by atoms with Gasteiger partial charge < -0.3 is 16.4 Å². The minimum Gasteiger partial charge on any atom is -0.352 e. The van der Waals surface area contributed by atoms with Crippen molar-refractivity contribution >= 4 is 29.3 Å². The molecule has 1 aliphatic rings. The summed E-state index contributed by atoms with van der Waals surface area (Å²) in [5.41, 5.74) is 6.88. The maximum atomic E-state index is 14.5. The highest BCUT2D eigenvalue weighted by Gasteiger charge is 2.25. The number of nitrogens with zero attached hydrogens (tertiary/aromatic N) is 4. The fourth-order valence-electron chi connectivity index (χ4n) is 3.18. The van der Waals surface area contributed by atoms with E-state index in [9.17, 15) is 14.0 Å². The van der Waals surface area contributed by atoms with Gasteiger partial charge >= 0.3 is 6.03 Å². The Bertz CT molecular complexity index is 1210. The third-order valence-electron chi connectivity index (χ3n) is 4.54. The summed E-state index contributed by atoms with van der Waals surface area (Å²) in [7, 11) is 0. The van der Waals surface area contributed by atoms with E-state index in [0.717, 1.165) is 0 Å². The predicted molar refractivity (Wildman–Crippen MR) is 112 cm³/mol. The average Bonchev–Trinajstić information content (AvgIpc) is 3.10. The zero-order valence-corrected chi connectivity index (χ0v) is 16.9. The zero-order valence-electron chi connectivity index (χ0n) is 16.1. The van der Waals surface area contributed by atoms with E-state index in [1.807, 2.05) is 0 Å². The van der Waals surface area contributed by atoms with Crippen LogP contribution in [-0.2, 0) is 6.54 Å². The first-order chi connectivity index (χ1) is 14.9. The van der Waals surface area contributed by atoms with Crippen molar-refractivity contribution < 1.29 is 14.0 Å². The number of hydrogen-bond acceptors (Lipinski definition) is 5. The monoisotopic (exact) mass is 441 g/mol. The first kappa shape index (κ1) is 20.5. The number of hydrogen-bond donors (Lipinski definition) is 3. The third kappa shape index (κ3) is 4.24. The molecule has 0 fully saturated rings. The van der Waals surface area contributed by atoms with Crippen molar-refractivity contribution in [2.45, 2.75) is 6.54 Å². The lowest BCUT2D eigenvalue weighted by Gasteiger charge is -2.11. The number of aliphatic imine (C=N–C) groups is 1.